The maximum atomic E-state index is 12.6. The van der Waals surface area contributed by atoms with Crippen molar-refractivity contribution in [3.05, 3.63) is 36.3 Å². The molecule has 3 rings (SSSR count). The third-order valence-corrected chi connectivity index (χ3v) is 5.94. The lowest BCUT2D eigenvalue weighted by Gasteiger charge is -2.37. The van der Waals surface area contributed by atoms with E-state index in [1.54, 1.807) is 24.4 Å². The Kier molecular flexibility index (Phi) is 7.20. The van der Waals surface area contributed by atoms with E-state index in [2.05, 4.69) is 35.7 Å². The molecular weight excluding hydrogens is 382 g/mol. The van der Waals surface area contributed by atoms with E-state index in [-0.39, 0.29) is 23.8 Å². The van der Waals surface area contributed by atoms with E-state index in [1.165, 1.54) is 6.08 Å². The van der Waals surface area contributed by atoms with Gasteiger partial charge in [-0.15, -0.1) is 0 Å². The van der Waals surface area contributed by atoms with Crippen molar-refractivity contribution in [2.45, 2.75) is 39.2 Å². The molecule has 2 amide bonds. The summed E-state index contributed by atoms with van der Waals surface area (Å²) in [6.07, 6.45) is 7.17. The van der Waals surface area contributed by atoms with Crippen LogP contribution >= 0.6 is 0 Å². The summed E-state index contributed by atoms with van der Waals surface area (Å²) in [5.41, 5.74) is 2.51. The number of aromatic nitrogens is 3. The second-order valence-corrected chi connectivity index (χ2v) is 8.00. The second kappa shape index (κ2) is 9.84. The zero-order chi connectivity index (χ0) is 21.7. The van der Waals surface area contributed by atoms with Crippen molar-refractivity contribution in [1.82, 2.24) is 25.2 Å². The average Bonchev–Trinajstić information content (AvgIpc) is 3.20. The molecule has 1 aliphatic rings. The molecule has 0 radical (unpaired) electrons. The van der Waals surface area contributed by atoms with Gasteiger partial charge in [0, 0.05) is 32.9 Å². The first-order valence-corrected chi connectivity index (χ1v) is 10.5. The number of rotatable bonds is 8. The number of nitrogens with one attached hydrogen (secondary N) is 2. The molecule has 1 saturated heterocycles. The molecule has 3 heterocycles. The highest BCUT2D eigenvalue weighted by atomic mass is 16.5. The molecule has 2 aromatic rings. The number of hydrogen-bond donors (Lipinski definition) is 2. The van der Waals surface area contributed by atoms with Gasteiger partial charge < -0.3 is 19.9 Å². The van der Waals surface area contributed by atoms with E-state index < -0.39 is 0 Å². The van der Waals surface area contributed by atoms with Crippen molar-refractivity contribution >= 4 is 23.0 Å². The Morgan fingerprint density at radius 3 is 3.00 bits per heavy atom. The first-order chi connectivity index (χ1) is 14.5. The fourth-order valence-electron chi connectivity index (χ4n) is 3.77. The summed E-state index contributed by atoms with van der Waals surface area (Å²) in [5, 5.41) is 2.97. The molecule has 0 unspecified atom stereocenters. The van der Waals surface area contributed by atoms with E-state index in [1.807, 2.05) is 0 Å². The Morgan fingerprint density at radius 1 is 1.50 bits per heavy atom. The fourth-order valence-corrected chi connectivity index (χ4v) is 3.77. The molecule has 30 heavy (non-hydrogen) atoms. The van der Waals surface area contributed by atoms with Crippen LogP contribution in [0.2, 0.25) is 0 Å². The highest BCUT2D eigenvalue weighted by molar-refractivity contribution is 6.04. The number of fused-ring (bicyclic) bond motifs is 1. The van der Waals surface area contributed by atoms with Crippen molar-refractivity contribution in [2.24, 2.45) is 11.8 Å². The third-order valence-electron chi connectivity index (χ3n) is 5.94. The van der Waals surface area contributed by atoms with Crippen LogP contribution in [0.25, 0.3) is 11.2 Å². The molecule has 2 N–H and O–H groups in total. The van der Waals surface area contributed by atoms with Crippen molar-refractivity contribution in [3.8, 4) is 0 Å². The maximum Gasteiger partial charge on any atom is 0.255 e. The van der Waals surface area contributed by atoms with Crippen LogP contribution in [0.4, 0.5) is 0 Å². The number of carbonyl (C=O) groups is 2. The third kappa shape index (κ3) is 4.87. The predicted octanol–water partition coefficient (Wildman–Crippen LogP) is 2.33. The number of aromatic amines is 1. The summed E-state index contributed by atoms with van der Waals surface area (Å²) in [7, 11) is 1.67. The van der Waals surface area contributed by atoms with Gasteiger partial charge in [0.2, 0.25) is 5.91 Å². The van der Waals surface area contributed by atoms with Crippen LogP contribution in [0, 0.1) is 11.8 Å². The van der Waals surface area contributed by atoms with Crippen LogP contribution in [-0.2, 0) is 16.0 Å². The molecule has 0 aromatic carbocycles. The van der Waals surface area contributed by atoms with E-state index in [0.717, 1.165) is 18.5 Å². The zero-order valence-corrected chi connectivity index (χ0v) is 18.0. The molecule has 2 aromatic heterocycles. The van der Waals surface area contributed by atoms with Crippen LogP contribution in [0.1, 0.15) is 42.7 Å². The lowest BCUT2D eigenvalue weighted by Crippen LogP contribution is -2.47. The number of amides is 2. The molecule has 162 valence electrons. The summed E-state index contributed by atoms with van der Waals surface area (Å²) >= 11 is 0. The quantitative estimate of drug-likeness (QED) is 0.647. The van der Waals surface area contributed by atoms with E-state index >= 15 is 0 Å². The number of H-pyrrole nitrogens is 1. The van der Waals surface area contributed by atoms with Crippen molar-refractivity contribution in [3.63, 3.8) is 0 Å². The van der Waals surface area contributed by atoms with Crippen LogP contribution in [-0.4, -0.2) is 64.5 Å². The molecule has 1 fully saturated rings. The van der Waals surface area contributed by atoms with Gasteiger partial charge in [-0.3, -0.25) is 9.59 Å². The van der Waals surface area contributed by atoms with Gasteiger partial charge in [0.15, 0.2) is 5.65 Å². The van der Waals surface area contributed by atoms with Crippen LogP contribution in [0.3, 0.4) is 0 Å². The minimum absolute atomic E-state index is 0.0721. The first-order valence-electron chi connectivity index (χ1n) is 10.5. The van der Waals surface area contributed by atoms with Gasteiger partial charge in [-0.1, -0.05) is 26.8 Å². The molecule has 0 spiro atoms. The zero-order valence-electron chi connectivity index (χ0n) is 18.0. The number of piperidine rings is 1. The number of nitrogens with zero attached hydrogens (tertiary/aromatic N) is 3. The van der Waals surface area contributed by atoms with Crippen LogP contribution in [0.5, 0.6) is 0 Å². The minimum Gasteiger partial charge on any atom is -0.379 e. The van der Waals surface area contributed by atoms with Crippen molar-refractivity contribution < 1.29 is 14.3 Å². The lowest BCUT2D eigenvalue weighted by molar-refractivity contribution is -0.131. The van der Waals surface area contributed by atoms with E-state index in [0.29, 0.717) is 48.7 Å². The monoisotopic (exact) mass is 413 g/mol. The SMILES string of the molecule is C=CC(=O)N1CC[C@@H](Cc2cnc3[nH]cc(C(=O)NC[C@H](C)CC)c3n2)[C@@H](OC)C1. The molecule has 0 saturated carbocycles. The second-order valence-electron chi connectivity index (χ2n) is 8.00. The minimum atomic E-state index is -0.140. The summed E-state index contributed by atoms with van der Waals surface area (Å²) in [6, 6.07) is 0. The number of ether oxygens (including phenoxy) is 1. The molecular formula is C22H31N5O3. The van der Waals surface area contributed by atoms with Crippen molar-refractivity contribution in [2.75, 3.05) is 26.7 Å². The number of methoxy groups -OCH3 is 1. The van der Waals surface area contributed by atoms with Crippen LogP contribution in [0.15, 0.2) is 25.0 Å². The Bertz CT molecular complexity index is 909. The normalized spacial score (nSPS) is 20.2. The highest BCUT2D eigenvalue weighted by Crippen LogP contribution is 2.25. The standard InChI is InChI=1S/C22H31N5O3/c1-5-14(3)10-25-22(29)17-12-24-21-20(17)26-16(11-23-21)9-15-7-8-27(19(28)6-2)13-18(15)30-4/h6,11-12,14-15,18H,2,5,7-10,13H2,1,3-4H3,(H,23,24)(H,25,29)/t14-,15+,18+/m1/s1. The average molecular weight is 414 g/mol. The van der Waals surface area contributed by atoms with Crippen molar-refractivity contribution in [1.29, 1.82) is 0 Å². The predicted molar refractivity (Wildman–Crippen MR) is 115 cm³/mol. The first kappa shape index (κ1) is 22.0. The Balaban J connectivity index is 1.73. The van der Waals surface area contributed by atoms with Gasteiger partial charge in [0.05, 0.1) is 23.6 Å². The molecule has 0 bridgehead atoms. The number of carbonyl (C=O) groups excluding carboxylic acids is 2. The Morgan fingerprint density at radius 2 is 2.30 bits per heavy atom. The van der Waals surface area contributed by atoms with Gasteiger partial charge >= 0.3 is 0 Å². The van der Waals surface area contributed by atoms with Gasteiger partial charge in [-0.05, 0) is 30.8 Å². The summed E-state index contributed by atoms with van der Waals surface area (Å²) in [6.45, 7) is 9.60. The lowest BCUT2D eigenvalue weighted by atomic mass is 9.89. The molecule has 3 atom stereocenters. The van der Waals surface area contributed by atoms with E-state index in [4.69, 9.17) is 9.72 Å². The summed E-state index contributed by atoms with van der Waals surface area (Å²) < 4.78 is 5.65. The van der Waals surface area contributed by atoms with Crippen LogP contribution < -0.4 is 5.32 Å². The largest absolute Gasteiger partial charge is 0.379 e. The molecule has 0 aliphatic carbocycles. The van der Waals surface area contributed by atoms with Gasteiger partial charge in [0.1, 0.15) is 5.52 Å². The summed E-state index contributed by atoms with van der Waals surface area (Å²) in [4.78, 5) is 38.5. The topological polar surface area (TPSA) is 100 Å². The fraction of sp³-hybridized carbons (Fsp3) is 0.545. The maximum absolute atomic E-state index is 12.6. The number of likely N-dealkylation sites (tertiary alicyclic amines) is 1. The number of hydrogen-bond acceptors (Lipinski definition) is 5. The summed E-state index contributed by atoms with van der Waals surface area (Å²) in [5.74, 6) is 0.430. The van der Waals surface area contributed by atoms with E-state index in [9.17, 15) is 9.59 Å². The van der Waals surface area contributed by atoms with Gasteiger partial charge in [-0.2, -0.15) is 0 Å². The highest BCUT2D eigenvalue weighted by Gasteiger charge is 2.31. The molecule has 1 aliphatic heterocycles. The smallest absolute Gasteiger partial charge is 0.255 e. The Hall–Kier alpha value is -2.74. The van der Waals surface area contributed by atoms with Gasteiger partial charge in [-0.25, -0.2) is 9.97 Å². The molecule has 8 nitrogen and oxygen atoms in total. The van der Waals surface area contributed by atoms with Gasteiger partial charge in [0.25, 0.3) is 5.91 Å². The Labute approximate surface area is 177 Å². The molecule has 8 heteroatoms.